The second-order valence-corrected chi connectivity index (χ2v) is 5.02. The molecule has 0 aliphatic carbocycles. The Bertz CT molecular complexity index is 620. The van der Waals surface area contributed by atoms with Gasteiger partial charge < -0.3 is 10.1 Å². The van der Waals surface area contributed by atoms with Crippen LogP contribution in [-0.4, -0.2) is 23.5 Å². The average Bonchev–Trinajstić information content (AvgIpc) is 2.87. The van der Waals surface area contributed by atoms with Gasteiger partial charge in [-0.05, 0) is 23.8 Å². The van der Waals surface area contributed by atoms with Gasteiger partial charge in [-0.2, -0.15) is 0 Å². The highest BCUT2D eigenvalue weighted by atomic mass is 35.5. The SMILES string of the molecule is O=C(NCC1Cc2ccccc2O1)c1ccnc(Cl)c1. The molecule has 0 bridgehead atoms. The summed E-state index contributed by atoms with van der Waals surface area (Å²) in [7, 11) is 0. The maximum atomic E-state index is 12.0. The second-order valence-electron chi connectivity index (χ2n) is 4.63. The smallest absolute Gasteiger partial charge is 0.251 e. The molecule has 102 valence electrons. The number of para-hydroxylation sites is 1. The summed E-state index contributed by atoms with van der Waals surface area (Å²) in [5.41, 5.74) is 1.68. The van der Waals surface area contributed by atoms with E-state index in [2.05, 4.69) is 10.3 Å². The van der Waals surface area contributed by atoms with Crippen LogP contribution in [0.5, 0.6) is 5.75 Å². The monoisotopic (exact) mass is 288 g/mol. The number of hydrogen-bond acceptors (Lipinski definition) is 3. The fourth-order valence-corrected chi connectivity index (χ4v) is 2.39. The van der Waals surface area contributed by atoms with Gasteiger partial charge in [-0.15, -0.1) is 0 Å². The lowest BCUT2D eigenvalue weighted by Gasteiger charge is -2.12. The number of ether oxygens (including phenoxy) is 1. The van der Waals surface area contributed by atoms with Crippen molar-refractivity contribution in [3.8, 4) is 5.75 Å². The Hall–Kier alpha value is -2.07. The van der Waals surface area contributed by atoms with Gasteiger partial charge in [-0.1, -0.05) is 29.8 Å². The lowest BCUT2D eigenvalue weighted by molar-refractivity contribution is 0.0933. The Morgan fingerprint density at radius 2 is 2.25 bits per heavy atom. The molecule has 1 unspecified atom stereocenters. The van der Waals surface area contributed by atoms with Crippen LogP contribution in [0.4, 0.5) is 0 Å². The molecule has 1 aromatic heterocycles. The molecule has 2 heterocycles. The van der Waals surface area contributed by atoms with E-state index >= 15 is 0 Å². The minimum absolute atomic E-state index is 0.0198. The van der Waals surface area contributed by atoms with Crippen molar-refractivity contribution in [1.29, 1.82) is 0 Å². The average molecular weight is 289 g/mol. The summed E-state index contributed by atoms with van der Waals surface area (Å²) in [5, 5.41) is 3.16. The molecule has 0 saturated heterocycles. The molecule has 1 aliphatic rings. The third-order valence-electron chi connectivity index (χ3n) is 3.19. The summed E-state index contributed by atoms with van der Waals surface area (Å²) in [6, 6.07) is 11.1. The van der Waals surface area contributed by atoms with Crippen molar-refractivity contribution in [2.24, 2.45) is 0 Å². The lowest BCUT2D eigenvalue weighted by atomic mass is 10.1. The summed E-state index contributed by atoms with van der Waals surface area (Å²) < 4.78 is 5.76. The number of nitrogens with zero attached hydrogens (tertiary/aromatic N) is 1. The van der Waals surface area contributed by atoms with Crippen LogP contribution < -0.4 is 10.1 Å². The minimum Gasteiger partial charge on any atom is -0.488 e. The molecule has 1 aliphatic heterocycles. The lowest BCUT2D eigenvalue weighted by Crippen LogP contribution is -2.34. The van der Waals surface area contributed by atoms with E-state index in [0.717, 1.165) is 12.2 Å². The molecule has 20 heavy (non-hydrogen) atoms. The van der Waals surface area contributed by atoms with Crippen LogP contribution >= 0.6 is 11.6 Å². The highest BCUT2D eigenvalue weighted by molar-refractivity contribution is 6.29. The highest BCUT2D eigenvalue weighted by Gasteiger charge is 2.22. The number of amides is 1. The highest BCUT2D eigenvalue weighted by Crippen LogP contribution is 2.27. The summed E-state index contributed by atoms with van der Waals surface area (Å²) >= 11 is 5.76. The van der Waals surface area contributed by atoms with Crippen molar-refractivity contribution in [2.45, 2.75) is 12.5 Å². The summed E-state index contributed by atoms with van der Waals surface area (Å²) in [5.74, 6) is 0.729. The van der Waals surface area contributed by atoms with E-state index in [1.807, 2.05) is 24.3 Å². The Balaban J connectivity index is 1.58. The third kappa shape index (κ3) is 2.75. The van der Waals surface area contributed by atoms with Gasteiger partial charge in [0.05, 0.1) is 6.54 Å². The number of carbonyl (C=O) groups excluding carboxylic acids is 1. The first-order valence-electron chi connectivity index (χ1n) is 6.37. The summed E-state index contributed by atoms with van der Waals surface area (Å²) in [6.45, 7) is 0.466. The largest absolute Gasteiger partial charge is 0.488 e. The molecule has 4 nitrogen and oxygen atoms in total. The normalized spacial score (nSPS) is 16.4. The van der Waals surface area contributed by atoms with Crippen molar-refractivity contribution >= 4 is 17.5 Å². The Kier molecular flexibility index (Phi) is 3.56. The quantitative estimate of drug-likeness (QED) is 0.883. The van der Waals surface area contributed by atoms with Crippen molar-refractivity contribution in [3.05, 3.63) is 58.9 Å². The number of halogens is 1. The molecule has 2 aromatic rings. The molecule has 5 heteroatoms. The van der Waals surface area contributed by atoms with Crippen molar-refractivity contribution in [3.63, 3.8) is 0 Å². The predicted octanol–water partition coefficient (Wildman–Crippen LogP) is 2.47. The van der Waals surface area contributed by atoms with Crippen LogP contribution in [-0.2, 0) is 6.42 Å². The van der Waals surface area contributed by atoms with Gasteiger partial charge in [0.2, 0.25) is 0 Å². The first-order valence-corrected chi connectivity index (χ1v) is 6.74. The predicted molar refractivity (Wildman–Crippen MR) is 76.1 cm³/mol. The van der Waals surface area contributed by atoms with Crippen molar-refractivity contribution in [1.82, 2.24) is 10.3 Å². The number of pyridine rings is 1. The molecule has 0 saturated carbocycles. The van der Waals surface area contributed by atoms with Gasteiger partial charge in [-0.25, -0.2) is 4.98 Å². The van der Waals surface area contributed by atoms with Crippen LogP contribution in [0.3, 0.4) is 0 Å². The zero-order valence-electron chi connectivity index (χ0n) is 10.7. The number of aromatic nitrogens is 1. The Morgan fingerprint density at radius 1 is 1.40 bits per heavy atom. The zero-order chi connectivity index (χ0) is 13.9. The molecule has 1 atom stereocenters. The van der Waals surface area contributed by atoms with Crippen LogP contribution in [0.2, 0.25) is 5.15 Å². The minimum atomic E-state index is -0.172. The van der Waals surface area contributed by atoms with E-state index < -0.39 is 0 Å². The Morgan fingerprint density at radius 3 is 3.05 bits per heavy atom. The van der Waals surface area contributed by atoms with Crippen molar-refractivity contribution < 1.29 is 9.53 Å². The molecule has 0 spiro atoms. The molecule has 0 radical (unpaired) electrons. The van der Waals surface area contributed by atoms with Gasteiger partial charge >= 0.3 is 0 Å². The van der Waals surface area contributed by atoms with Crippen LogP contribution in [0, 0.1) is 0 Å². The fourth-order valence-electron chi connectivity index (χ4n) is 2.22. The van der Waals surface area contributed by atoms with Crippen LogP contribution in [0.1, 0.15) is 15.9 Å². The zero-order valence-corrected chi connectivity index (χ0v) is 11.4. The molecule has 1 N–H and O–H groups in total. The number of carbonyl (C=O) groups is 1. The summed E-state index contributed by atoms with van der Waals surface area (Å²) in [6.07, 6.45) is 2.31. The number of benzene rings is 1. The molecule has 0 fully saturated rings. The first-order chi connectivity index (χ1) is 9.72. The summed E-state index contributed by atoms with van der Waals surface area (Å²) in [4.78, 5) is 15.8. The van der Waals surface area contributed by atoms with Gasteiger partial charge in [0.15, 0.2) is 0 Å². The standard InChI is InChI=1S/C15H13ClN2O2/c16-14-8-11(5-6-17-14)15(19)18-9-12-7-10-3-1-2-4-13(10)20-12/h1-6,8,12H,7,9H2,(H,18,19). The number of rotatable bonds is 3. The topological polar surface area (TPSA) is 51.2 Å². The maximum absolute atomic E-state index is 12.0. The van der Waals surface area contributed by atoms with Gasteiger partial charge in [-0.3, -0.25) is 4.79 Å². The van der Waals surface area contributed by atoms with E-state index in [-0.39, 0.29) is 12.0 Å². The Labute approximate surface area is 121 Å². The molecule has 3 rings (SSSR count). The number of fused-ring (bicyclic) bond motifs is 1. The van der Waals surface area contributed by atoms with Crippen molar-refractivity contribution in [2.75, 3.05) is 6.54 Å². The number of hydrogen-bond donors (Lipinski definition) is 1. The number of nitrogens with one attached hydrogen (secondary N) is 1. The molecular formula is C15H13ClN2O2. The molecular weight excluding hydrogens is 276 g/mol. The van der Waals surface area contributed by atoms with E-state index in [0.29, 0.717) is 17.3 Å². The van der Waals surface area contributed by atoms with E-state index in [4.69, 9.17) is 16.3 Å². The van der Waals surface area contributed by atoms with E-state index in [1.54, 1.807) is 12.1 Å². The van der Waals surface area contributed by atoms with Gasteiger partial charge in [0.25, 0.3) is 5.91 Å². The maximum Gasteiger partial charge on any atom is 0.251 e. The molecule has 1 amide bonds. The van der Waals surface area contributed by atoms with Crippen LogP contribution in [0.15, 0.2) is 42.6 Å². The van der Waals surface area contributed by atoms with Crippen LogP contribution in [0.25, 0.3) is 0 Å². The molecule has 1 aromatic carbocycles. The van der Waals surface area contributed by atoms with E-state index in [1.165, 1.54) is 11.8 Å². The third-order valence-corrected chi connectivity index (χ3v) is 3.40. The first kappa shape index (κ1) is 12.9. The van der Waals surface area contributed by atoms with Gasteiger partial charge in [0, 0.05) is 18.2 Å². The van der Waals surface area contributed by atoms with E-state index in [9.17, 15) is 4.79 Å². The van der Waals surface area contributed by atoms with Gasteiger partial charge in [0.1, 0.15) is 17.0 Å². The fraction of sp³-hybridized carbons (Fsp3) is 0.200. The second kappa shape index (κ2) is 5.51.